The molecular formula is CHF3OSe. The van der Waals surface area contributed by atoms with Crippen molar-refractivity contribution < 1.29 is 17.0 Å². The van der Waals surface area contributed by atoms with Gasteiger partial charge in [-0.2, -0.15) is 0 Å². The van der Waals surface area contributed by atoms with Crippen molar-refractivity contribution in [2.45, 2.75) is 6.36 Å². The monoisotopic (exact) mass is 166 g/mol. The first-order valence-corrected chi connectivity index (χ1v) is 1.72. The number of alkyl halides is 3. The van der Waals surface area contributed by atoms with Gasteiger partial charge in [-0.05, 0) is 0 Å². The molecule has 0 aliphatic heterocycles. The minimum absolute atomic E-state index is 0.970. The van der Waals surface area contributed by atoms with Crippen LogP contribution < -0.4 is 0 Å². The molecule has 38 valence electrons. The molecule has 0 spiro atoms. The van der Waals surface area contributed by atoms with Crippen LogP contribution in [0, 0.1) is 0 Å². The molecule has 0 saturated heterocycles. The molecule has 0 heterocycles. The van der Waals surface area contributed by atoms with Crippen molar-refractivity contribution in [3.05, 3.63) is 0 Å². The van der Waals surface area contributed by atoms with Gasteiger partial charge in [0.25, 0.3) is 0 Å². The second kappa shape index (κ2) is 1.82. The minimum atomic E-state index is -4.49. The second-order valence-electron chi connectivity index (χ2n) is 0.537. The average molecular weight is 165 g/mol. The number of halogens is 3. The van der Waals surface area contributed by atoms with Crippen molar-refractivity contribution in [1.29, 1.82) is 0 Å². The maximum atomic E-state index is 10.5. The molecule has 1 nitrogen and oxygen atoms in total. The van der Waals surface area contributed by atoms with E-state index in [1.807, 2.05) is 0 Å². The van der Waals surface area contributed by atoms with Gasteiger partial charge in [0.05, 0.1) is 0 Å². The summed E-state index contributed by atoms with van der Waals surface area (Å²) in [6, 6.07) is 0. The molecule has 0 fully saturated rings. The molecule has 0 aromatic rings. The Morgan fingerprint density at radius 2 is 1.50 bits per heavy atom. The van der Waals surface area contributed by atoms with Crippen LogP contribution in [0.4, 0.5) is 13.2 Å². The molecule has 0 aliphatic carbocycles. The van der Waals surface area contributed by atoms with E-state index >= 15 is 0 Å². The molecular weight excluding hydrogens is 164 g/mol. The number of hydrogen-bond donors (Lipinski definition) is 0. The van der Waals surface area contributed by atoms with Crippen LogP contribution in [0.5, 0.6) is 0 Å². The topological polar surface area (TPSA) is 9.23 Å². The summed E-state index contributed by atoms with van der Waals surface area (Å²) in [5, 5.41) is 0. The van der Waals surface area contributed by atoms with E-state index in [0.717, 1.165) is 16.3 Å². The molecule has 5 heteroatoms. The predicted octanol–water partition coefficient (Wildman–Crippen LogP) is 0.339. The Morgan fingerprint density at radius 1 is 1.33 bits per heavy atom. The molecule has 0 amide bonds. The predicted molar refractivity (Wildman–Crippen MR) is 14.3 cm³/mol. The Balaban J connectivity index is 3.17. The molecule has 0 atom stereocenters. The first kappa shape index (κ1) is 6.27. The van der Waals surface area contributed by atoms with Gasteiger partial charge in [-0.1, -0.05) is 0 Å². The molecule has 0 N–H and O–H groups in total. The van der Waals surface area contributed by atoms with Gasteiger partial charge in [0.1, 0.15) is 0 Å². The van der Waals surface area contributed by atoms with Crippen molar-refractivity contribution in [2.24, 2.45) is 0 Å². The Hall–Kier alpha value is 0.269. The van der Waals surface area contributed by atoms with Crippen molar-refractivity contribution in [1.82, 2.24) is 0 Å². The van der Waals surface area contributed by atoms with Crippen molar-refractivity contribution in [3.8, 4) is 0 Å². The van der Waals surface area contributed by atoms with E-state index in [4.69, 9.17) is 0 Å². The number of hydrogen-bond acceptors (Lipinski definition) is 1. The van der Waals surface area contributed by atoms with E-state index < -0.39 is 6.36 Å². The normalized spacial score (nSPS) is 12.0. The number of rotatable bonds is 0. The van der Waals surface area contributed by atoms with Crippen LogP contribution in [0.25, 0.3) is 0 Å². The van der Waals surface area contributed by atoms with Gasteiger partial charge in [0.15, 0.2) is 0 Å². The van der Waals surface area contributed by atoms with Crippen LogP contribution in [0.15, 0.2) is 0 Å². The fourth-order valence-corrected chi connectivity index (χ4v) is 0. The molecule has 0 aromatic heterocycles. The van der Waals surface area contributed by atoms with Crippen LogP contribution in [0.1, 0.15) is 0 Å². The summed E-state index contributed by atoms with van der Waals surface area (Å²) in [5.41, 5.74) is 0. The van der Waals surface area contributed by atoms with Crippen LogP contribution in [0.2, 0.25) is 0 Å². The van der Waals surface area contributed by atoms with Crippen molar-refractivity contribution in [2.75, 3.05) is 0 Å². The summed E-state index contributed by atoms with van der Waals surface area (Å²) in [7, 11) is 0. The fourth-order valence-electron chi connectivity index (χ4n) is 0. The molecule has 0 aliphatic rings. The molecule has 0 radical (unpaired) electrons. The van der Waals surface area contributed by atoms with Gasteiger partial charge in [0.2, 0.25) is 0 Å². The van der Waals surface area contributed by atoms with E-state index in [2.05, 4.69) is 3.82 Å². The molecule has 6 heavy (non-hydrogen) atoms. The zero-order valence-electron chi connectivity index (χ0n) is 2.49. The third kappa shape index (κ3) is 4.27. The van der Waals surface area contributed by atoms with Crippen molar-refractivity contribution >= 4 is 16.3 Å². The van der Waals surface area contributed by atoms with Gasteiger partial charge in [0, 0.05) is 0 Å². The van der Waals surface area contributed by atoms with E-state index in [0.29, 0.717) is 0 Å². The maximum absolute atomic E-state index is 10.5. The molecule has 0 saturated carbocycles. The zero-order chi connectivity index (χ0) is 5.21. The SMILES string of the molecule is FC(F)(F)O[SeH]. The van der Waals surface area contributed by atoms with Gasteiger partial charge in [-0.25, -0.2) is 0 Å². The summed E-state index contributed by atoms with van der Waals surface area (Å²) < 4.78 is 34.5. The van der Waals surface area contributed by atoms with Crippen LogP contribution >= 0.6 is 0 Å². The van der Waals surface area contributed by atoms with Crippen LogP contribution in [0.3, 0.4) is 0 Å². The Labute approximate surface area is 40.6 Å². The summed E-state index contributed by atoms with van der Waals surface area (Å²) in [6.45, 7) is 0. The zero-order valence-corrected chi connectivity index (χ0v) is 4.37. The fraction of sp³-hybridized carbons (Fsp3) is 1.00. The van der Waals surface area contributed by atoms with E-state index in [1.165, 1.54) is 0 Å². The van der Waals surface area contributed by atoms with Gasteiger partial charge in [-0.15, -0.1) is 0 Å². The van der Waals surface area contributed by atoms with Crippen molar-refractivity contribution in [3.63, 3.8) is 0 Å². The molecule has 0 unspecified atom stereocenters. The van der Waals surface area contributed by atoms with Gasteiger partial charge >= 0.3 is 39.7 Å². The first-order valence-electron chi connectivity index (χ1n) is 0.954. The van der Waals surface area contributed by atoms with E-state index in [9.17, 15) is 13.2 Å². The third-order valence-electron chi connectivity index (χ3n) is 0.104. The summed E-state index contributed by atoms with van der Waals surface area (Å²) in [5.74, 6) is 0. The summed E-state index contributed by atoms with van der Waals surface area (Å²) in [6.07, 6.45) is -4.49. The van der Waals surface area contributed by atoms with Crippen LogP contribution in [-0.4, -0.2) is 22.7 Å². The third-order valence-corrected chi connectivity index (χ3v) is 0.538. The van der Waals surface area contributed by atoms with Crippen LogP contribution in [-0.2, 0) is 3.82 Å². The van der Waals surface area contributed by atoms with Gasteiger partial charge < -0.3 is 0 Å². The summed E-state index contributed by atoms with van der Waals surface area (Å²) >= 11 is 0.970. The Kier molecular flexibility index (Phi) is 1.90. The molecule has 0 rings (SSSR count). The standard InChI is InChI=1S/CHF3OSe/c2-1(3,4)5-6/h6H. The Morgan fingerprint density at radius 3 is 1.50 bits per heavy atom. The average Bonchev–Trinajstić information content (AvgIpc) is 1.35. The molecule has 0 aromatic carbocycles. The second-order valence-corrected chi connectivity index (χ2v) is 0.920. The quantitative estimate of drug-likeness (QED) is 0.470. The van der Waals surface area contributed by atoms with E-state index in [1.54, 1.807) is 0 Å². The van der Waals surface area contributed by atoms with Gasteiger partial charge in [-0.3, -0.25) is 0 Å². The summed E-state index contributed by atoms with van der Waals surface area (Å²) in [4.78, 5) is 0. The first-order chi connectivity index (χ1) is 2.56. The molecule has 0 bridgehead atoms. The Bertz CT molecular complexity index is 40.5. The van der Waals surface area contributed by atoms with E-state index in [-0.39, 0.29) is 0 Å².